The number of hydrogen-bond donors (Lipinski definition) is 1. The van der Waals surface area contributed by atoms with Crippen molar-refractivity contribution in [2.75, 3.05) is 0 Å². The Kier molecular flexibility index (Phi) is 5.85. The van der Waals surface area contributed by atoms with Crippen LogP contribution in [0.1, 0.15) is 24.0 Å². The van der Waals surface area contributed by atoms with Crippen LogP contribution in [-0.4, -0.2) is 26.1 Å². The Labute approximate surface area is 220 Å². The molecular formula is C31H24ClN3O2. The van der Waals surface area contributed by atoms with Crippen molar-refractivity contribution in [2.24, 2.45) is 0 Å². The average Bonchev–Trinajstić information content (AvgIpc) is 3.74. The normalized spacial score (nSPS) is 13.9. The van der Waals surface area contributed by atoms with E-state index in [0.717, 1.165) is 57.3 Å². The van der Waals surface area contributed by atoms with Crippen LogP contribution in [0, 0.1) is 0 Å². The average molecular weight is 506 g/mol. The molecule has 1 fully saturated rings. The SMILES string of the molecule is O=C(O)N(Cc1ccccc1)C1(c2ccc(-c3nc4ccnc(Cl)c4cc3-c3ccccc3)cc2)CC1. The molecule has 0 aliphatic heterocycles. The van der Waals surface area contributed by atoms with Gasteiger partial charge in [-0.15, -0.1) is 0 Å². The predicted molar refractivity (Wildman–Crippen MR) is 146 cm³/mol. The van der Waals surface area contributed by atoms with Crippen LogP contribution < -0.4 is 0 Å². The van der Waals surface area contributed by atoms with Crippen molar-refractivity contribution in [3.05, 3.63) is 120 Å². The molecule has 37 heavy (non-hydrogen) atoms. The zero-order valence-electron chi connectivity index (χ0n) is 20.0. The van der Waals surface area contributed by atoms with Crippen molar-refractivity contribution < 1.29 is 9.90 Å². The third kappa shape index (κ3) is 4.32. The van der Waals surface area contributed by atoms with Crippen molar-refractivity contribution >= 4 is 28.6 Å². The summed E-state index contributed by atoms with van der Waals surface area (Å²) in [6.07, 6.45) is 2.37. The van der Waals surface area contributed by atoms with Crippen LogP contribution in [0.25, 0.3) is 33.3 Å². The second-order valence-corrected chi connectivity index (χ2v) is 9.74. The molecule has 0 atom stereocenters. The van der Waals surface area contributed by atoms with Crippen LogP contribution in [0.4, 0.5) is 4.79 Å². The first-order chi connectivity index (χ1) is 18.0. The van der Waals surface area contributed by atoms with E-state index in [4.69, 9.17) is 16.6 Å². The molecular weight excluding hydrogens is 482 g/mol. The number of hydrogen-bond acceptors (Lipinski definition) is 3. The van der Waals surface area contributed by atoms with Crippen LogP contribution in [-0.2, 0) is 12.1 Å². The molecule has 0 radical (unpaired) electrons. The number of amides is 1. The van der Waals surface area contributed by atoms with E-state index in [1.54, 1.807) is 11.1 Å². The fourth-order valence-electron chi connectivity index (χ4n) is 5.06. The van der Waals surface area contributed by atoms with E-state index in [2.05, 4.69) is 17.1 Å². The standard InChI is InChI=1S/C31H24ClN3O2/c32-29-26-19-25(22-9-5-2-6-10-22)28(34-27(26)15-18-33-29)23-11-13-24(14-12-23)31(16-17-31)35(30(36)37)20-21-7-3-1-4-8-21/h1-15,18-19H,16-17,20H2,(H,36,37). The fourth-order valence-corrected chi connectivity index (χ4v) is 5.27. The molecule has 6 rings (SSSR count). The minimum Gasteiger partial charge on any atom is -0.465 e. The Balaban J connectivity index is 1.40. The maximum absolute atomic E-state index is 12.3. The minimum absolute atomic E-state index is 0.358. The largest absolute Gasteiger partial charge is 0.465 e. The molecule has 5 aromatic rings. The van der Waals surface area contributed by atoms with Gasteiger partial charge in [0.15, 0.2) is 0 Å². The van der Waals surface area contributed by atoms with Gasteiger partial charge in [-0.05, 0) is 41.7 Å². The van der Waals surface area contributed by atoms with Crippen LogP contribution in [0.5, 0.6) is 0 Å². The molecule has 1 aliphatic carbocycles. The summed E-state index contributed by atoms with van der Waals surface area (Å²) in [6, 6.07) is 31.9. The van der Waals surface area contributed by atoms with Gasteiger partial charge in [-0.3, -0.25) is 4.90 Å². The summed E-state index contributed by atoms with van der Waals surface area (Å²) in [5.41, 5.74) is 6.06. The molecule has 2 heterocycles. The molecule has 182 valence electrons. The molecule has 0 bridgehead atoms. The van der Waals surface area contributed by atoms with Crippen LogP contribution >= 0.6 is 11.6 Å². The smallest absolute Gasteiger partial charge is 0.408 e. The number of fused-ring (bicyclic) bond motifs is 1. The predicted octanol–water partition coefficient (Wildman–Crippen LogP) is 7.79. The van der Waals surface area contributed by atoms with Gasteiger partial charge in [-0.25, -0.2) is 14.8 Å². The van der Waals surface area contributed by atoms with Crippen molar-refractivity contribution in [2.45, 2.75) is 24.9 Å². The highest BCUT2D eigenvalue weighted by Gasteiger charge is 2.51. The number of benzene rings is 3. The van der Waals surface area contributed by atoms with Crippen LogP contribution in [0.2, 0.25) is 5.15 Å². The Bertz CT molecular complexity index is 1580. The zero-order valence-corrected chi connectivity index (χ0v) is 20.8. The number of carboxylic acid groups (broad SMARTS) is 1. The molecule has 0 unspecified atom stereocenters. The highest BCUT2D eigenvalue weighted by molar-refractivity contribution is 6.34. The van der Waals surface area contributed by atoms with Gasteiger partial charge in [-0.2, -0.15) is 0 Å². The molecule has 0 saturated heterocycles. The number of nitrogens with zero attached hydrogens (tertiary/aromatic N) is 3. The number of carbonyl (C=O) groups is 1. The molecule has 3 aromatic carbocycles. The van der Waals surface area contributed by atoms with E-state index < -0.39 is 11.6 Å². The maximum Gasteiger partial charge on any atom is 0.408 e. The highest BCUT2D eigenvalue weighted by atomic mass is 35.5. The summed E-state index contributed by atoms with van der Waals surface area (Å²) < 4.78 is 0. The van der Waals surface area contributed by atoms with Gasteiger partial charge in [0.05, 0.1) is 16.7 Å². The Morgan fingerprint density at radius 3 is 2.22 bits per heavy atom. The Morgan fingerprint density at radius 2 is 1.57 bits per heavy atom. The first kappa shape index (κ1) is 23.2. The van der Waals surface area contributed by atoms with Crippen molar-refractivity contribution in [3.8, 4) is 22.4 Å². The van der Waals surface area contributed by atoms with Gasteiger partial charge in [0.25, 0.3) is 0 Å². The van der Waals surface area contributed by atoms with Crippen molar-refractivity contribution in [3.63, 3.8) is 0 Å². The molecule has 1 N–H and O–H groups in total. The first-order valence-electron chi connectivity index (χ1n) is 12.2. The molecule has 6 heteroatoms. The van der Waals surface area contributed by atoms with Gasteiger partial charge < -0.3 is 5.11 Å². The summed E-state index contributed by atoms with van der Waals surface area (Å²) in [7, 11) is 0. The van der Waals surface area contributed by atoms with Gasteiger partial charge in [-0.1, -0.05) is 96.5 Å². The van der Waals surface area contributed by atoms with E-state index in [9.17, 15) is 9.90 Å². The summed E-state index contributed by atoms with van der Waals surface area (Å²) in [5, 5.41) is 11.3. The lowest BCUT2D eigenvalue weighted by Gasteiger charge is -2.30. The number of halogens is 1. The lowest BCUT2D eigenvalue weighted by molar-refractivity contribution is 0.112. The van der Waals surface area contributed by atoms with Crippen molar-refractivity contribution in [1.29, 1.82) is 0 Å². The first-order valence-corrected chi connectivity index (χ1v) is 12.6. The van der Waals surface area contributed by atoms with Crippen LogP contribution in [0.3, 0.4) is 0 Å². The van der Waals surface area contributed by atoms with Gasteiger partial charge in [0.1, 0.15) is 5.15 Å². The third-order valence-corrected chi connectivity index (χ3v) is 7.43. The molecule has 1 aliphatic rings. The van der Waals surface area contributed by atoms with Gasteiger partial charge in [0, 0.05) is 29.3 Å². The van der Waals surface area contributed by atoms with E-state index in [1.807, 2.05) is 84.9 Å². The summed E-state index contributed by atoms with van der Waals surface area (Å²) in [6.45, 7) is 0.358. The fraction of sp³-hybridized carbons (Fsp3) is 0.129. The highest BCUT2D eigenvalue weighted by Crippen LogP contribution is 2.52. The topological polar surface area (TPSA) is 66.3 Å². The van der Waals surface area contributed by atoms with E-state index in [-0.39, 0.29) is 0 Å². The number of aromatic nitrogens is 2. The zero-order chi connectivity index (χ0) is 25.4. The number of pyridine rings is 2. The molecule has 0 spiro atoms. The molecule has 5 nitrogen and oxygen atoms in total. The van der Waals surface area contributed by atoms with Crippen LogP contribution in [0.15, 0.2) is 103 Å². The third-order valence-electron chi connectivity index (χ3n) is 7.13. The van der Waals surface area contributed by atoms with Crippen molar-refractivity contribution in [1.82, 2.24) is 14.9 Å². The lowest BCUT2D eigenvalue weighted by atomic mass is 9.95. The molecule has 2 aromatic heterocycles. The van der Waals surface area contributed by atoms with E-state index >= 15 is 0 Å². The summed E-state index contributed by atoms with van der Waals surface area (Å²) in [4.78, 5) is 23.1. The van der Waals surface area contributed by atoms with Gasteiger partial charge in [0.2, 0.25) is 0 Å². The summed E-state index contributed by atoms with van der Waals surface area (Å²) >= 11 is 6.40. The second-order valence-electron chi connectivity index (χ2n) is 9.38. The quantitative estimate of drug-likeness (QED) is 0.239. The maximum atomic E-state index is 12.3. The number of rotatable bonds is 6. The Hall–Kier alpha value is -4.22. The monoisotopic (exact) mass is 505 g/mol. The Morgan fingerprint density at radius 1 is 0.892 bits per heavy atom. The minimum atomic E-state index is -0.904. The van der Waals surface area contributed by atoms with E-state index in [0.29, 0.717) is 11.7 Å². The van der Waals surface area contributed by atoms with E-state index in [1.165, 1.54) is 0 Å². The molecule has 1 saturated carbocycles. The summed E-state index contributed by atoms with van der Waals surface area (Å²) in [5.74, 6) is 0. The van der Waals surface area contributed by atoms with Gasteiger partial charge >= 0.3 is 6.09 Å². The molecule has 1 amide bonds. The lowest BCUT2D eigenvalue weighted by Crippen LogP contribution is -2.39. The second kappa shape index (κ2) is 9.34.